The number of hydrogen-bond acceptors (Lipinski definition) is 9. The van der Waals surface area contributed by atoms with Crippen molar-refractivity contribution in [3.8, 4) is 34.5 Å². The van der Waals surface area contributed by atoms with Gasteiger partial charge >= 0.3 is 18.1 Å². The highest BCUT2D eigenvalue weighted by atomic mass is 19.4. The Morgan fingerprint density at radius 2 is 0.921 bits per heavy atom. The van der Waals surface area contributed by atoms with Crippen LogP contribution >= 0.6 is 0 Å². The maximum absolute atomic E-state index is 14.7. The van der Waals surface area contributed by atoms with Crippen molar-refractivity contribution in [1.29, 1.82) is 0 Å². The molecular formula is C48H41F3N2O10. The second kappa shape index (κ2) is 17.3. The third-order valence-electron chi connectivity index (χ3n) is 10.9. The lowest BCUT2D eigenvalue weighted by Gasteiger charge is -2.33. The molecular weight excluding hydrogens is 822 g/mol. The number of amides is 1. The maximum Gasteiger partial charge on any atom is 0.402 e. The minimum absolute atomic E-state index is 0.0323. The number of carboxylic acids is 2. The van der Waals surface area contributed by atoms with E-state index in [-0.39, 0.29) is 39.4 Å². The molecule has 0 heterocycles. The fraction of sp³-hybridized carbons (Fsp3) is 0.167. The number of aromatic carboxylic acids is 2. The van der Waals surface area contributed by atoms with Gasteiger partial charge in [0, 0.05) is 18.0 Å². The summed E-state index contributed by atoms with van der Waals surface area (Å²) in [5, 5.41) is 45.5. The molecule has 0 aliphatic rings. The number of carbonyl (C=O) groups is 4. The van der Waals surface area contributed by atoms with Crippen LogP contribution in [0.25, 0.3) is 0 Å². The minimum atomic E-state index is -4.89. The Labute approximate surface area is 359 Å². The van der Waals surface area contributed by atoms with Gasteiger partial charge in [-0.3, -0.25) is 9.59 Å². The molecule has 0 aliphatic heterocycles. The van der Waals surface area contributed by atoms with Crippen LogP contribution < -0.4 is 20.1 Å². The van der Waals surface area contributed by atoms with Crippen molar-refractivity contribution in [2.75, 3.05) is 17.7 Å². The molecule has 1 amide bonds. The number of nitrogens with one attached hydrogen (secondary N) is 2. The number of ketones is 1. The average Bonchev–Trinajstić information content (AvgIpc) is 3.23. The van der Waals surface area contributed by atoms with Gasteiger partial charge in [-0.2, -0.15) is 13.2 Å². The number of aromatic hydroxyl groups is 2. The number of ether oxygens (including phenoxy) is 2. The highest BCUT2D eigenvalue weighted by Gasteiger charge is 2.54. The molecule has 0 aliphatic carbocycles. The summed E-state index contributed by atoms with van der Waals surface area (Å²) in [6, 6.07) is 28.6. The van der Waals surface area contributed by atoms with E-state index in [0.29, 0.717) is 17.2 Å². The molecule has 63 heavy (non-hydrogen) atoms. The van der Waals surface area contributed by atoms with Crippen LogP contribution in [0.4, 0.5) is 24.5 Å². The van der Waals surface area contributed by atoms with Gasteiger partial charge in [0.05, 0.1) is 28.1 Å². The van der Waals surface area contributed by atoms with E-state index in [9.17, 15) is 52.8 Å². The van der Waals surface area contributed by atoms with Crippen molar-refractivity contribution in [2.24, 2.45) is 0 Å². The first-order chi connectivity index (χ1) is 29.6. The summed E-state index contributed by atoms with van der Waals surface area (Å²) in [5.74, 6) is -3.99. The zero-order valence-corrected chi connectivity index (χ0v) is 34.4. The Bertz CT molecular complexity index is 2750. The minimum Gasteiger partial charge on any atom is -0.506 e. The molecule has 6 aromatic carbocycles. The summed E-state index contributed by atoms with van der Waals surface area (Å²) < 4.78 is 56.0. The SMILES string of the molecule is CNc1ccc(C(C)(c2ccc(NC(=O)c3cc(Oc4ccc(C(C)(C)c5ccc(Oc6ccc(C(=O)O)c(C(C)=O)c6)cc5)cc4)ccc3C(=O)O)c(O)c2)C(F)(F)F)cc1O. The van der Waals surface area contributed by atoms with Crippen LogP contribution in [0.3, 0.4) is 0 Å². The third-order valence-corrected chi connectivity index (χ3v) is 10.9. The van der Waals surface area contributed by atoms with Crippen LogP contribution in [-0.4, -0.2) is 57.3 Å². The second-order valence-corrected chi connectivity index (χ2v) is 15.2. The number of phenolic OH excluding ortho intramolecular Hbond substituents is 2. The molecule has 1 unspecified atom stereocenters. The van der Waals surface area contributed by atoms with Gasteiger partial charge in [0.15, 0.2) is 5.78 Å². The first-order valence-corrected chi connectivity index (χ1v) is 19.2. The molecule has 0 radical (unpaired) electrons. The van der Waals surface area contributed by atoms with Crippen LogP contribution in [0, 0.1) is 0 Å². The predicted octanol–water partition coefficient (Wildman–Crippen LogP) is 10.8. The topological polar surface area (TPSA) is 192 Å². The first kappa shape index (κ1) is 44.7. The molecule has 6 N–H and O–H groups in total. The van der Waals surface area contributed by atoms with E-state index in [4.69, 9.17) is 9.47 Å². The fourth-order valence-electron chi connectivity index (χ4n) is 7.03. The Hall–Kier alpha value is -7.81. The Morgan fingerprint density at radius 1 is 0.524 bits per heavy atom. The van der Waals surface area contributed by atoms with Crippen LogP contribution in [0.5, 0.6) is 34.5 Å². The molecule has 0 bridgehead atoms. The van der Waals surface area contributed by atoms with E-state index in [1.165, 1.54) is 56.4 Å². The molecule has 0 fully saturated rings. The van der Waals surface area contributed by atoms with E-state index >= 15 is 0 Å². The van der Waals surface area contributed by atoms with Gasteiger partial charge in [-0.15, -0.1) is 0 Å². The average molecular weight is 863 g/mol. The number of benzene rings is 6. The number of carbonyl (C=O) groups excluding carboxylic acids is 2. The van der Waals surface area contributed by atoms with Crippen LogP contribution in [-0.2, 0) is 10.8 Å². The summed E-state index contributed by atoms with van der Waals surface area (Å²) in [6.45, 7) is 6.19. The molecule has 1 atom stereocenters. The van der Waals surface area contributed by atoms with Gasteiger partial charge in [0.25, 0.3) is 5.91 Å². The van der Waals surface area contributed by atoms with E-state index in [1.54, 1.807) is 24.3 Å². The van der Waals surface area contributed by atoms with Crippen molar-refractivity contribution >= 4 is 35.0 Å². The number of hydrogen-bond donors (Lipinski definition) is 6. The zero-order valence-electron chi connectivity index (χ0n) is 34.4. The molecule has 6 rings (SSSR count). The van der Waals surface area contributed by atoms with E-state index in [2.05, 4.69) is 10.6 Å². The smallest absolute Gasteiger partial charge is 0.402 e. The van der Waals surface area contributed by atoms with Gasteiger partial charge < -0.3 is 40.5 Å². The Balaban J connectivity index is 1.17. The lowest BCUT2D eigenvalue weighted by atomic mass is 9.75. The molecule has 0 aromatic heterocycles. The van der Waals surface area contributed by atoms with Crippen molar-refractivity contribution in [3.63, 3.8) is 0 Å². The largest absolute Gasteiger partial charge is 0.506 e. The normalized spacial score (nSPS) is 12.4. The number of anilines is 2. The summed E-state index contributed by atoms with van der Waals surface area (Å²) in [6.07, 6.45) is -4.89. The van der Waals surface area contributed by atoms with Crippen molar-refractivity contribution in [1.82, 2.24) is 0 Å². The highest BCUT2D eigenvalue weighted by Crippen LogP contribution is 2.49. The number of Topliss-reactive ketones (excluding diaryl/α,β-unsaturated/α-hetero) is 1. The molecule has 324 valence electrons. The Morgan fingerprint density at radius 3 is 1.32 bits per heavy atom. The molecule has 6 aromatic rings. The molecule has 0 spiro atoms. The standard InChI is InChI=1S/C48H41F3N2O10/c1-26(54)37-24-33(16-18-35(37)44(58)59)62-31-12-6-27(7-13-31)46(2,3)28-8-14-32(15-9-28)63-34-17-19-36(45(60)61)38(25-34)43(57)53-40-21-11-30(23-42(40)56)47(4,48(49,50)51)29-10-20-39(52-5)41(55)22-29/h6-25,52,55-56H,1-5H3,(H,53,57)(H,58,59)(H,60,61). The van der Waals surface area contributed by atoms with Crippen molar-refractivity contribution in [2.45, 2.75) is 44.7 Å². The Kier molecular flexibility index (Phi) is 12.3. The quantitative estimate of drug-likeness (QED) is 0.0451. The summed E-state index contributed by atoms with van der Waals surface area (Å²) in [5.41, 5.74) is -3.03. The monoisotopic (exact) mass is 862 g/mol. The molecule has 12 nitrogen and oxygen atoms in total. The first-order valence-electron chi connectivity index (χ1n) is 19.2. The lowest BCUT2D eigenvalue weighted by Crippen LogP contribution is -2.40. The number of halogens is 3. The molecule has 15 heteroatoms. The van der Waals surface area contributed by atoms with Gasteiger partial charge in [-0.1, -0.05) is 50.2 Å². The van der Waals surface area contributed by atoms with Crippen molar-refractivity contribution < 1.29 is 62.2 Å². The van der Waals surface area contributed by atoms with Gasteiger partial charge in [-0.05, 0) is 121 Å². The second-order valence-electron chi connectivity index (χ2n) is 15.2. The van der Waals surface area contributed by atoms with E-state index in [0.717, 1.165) is 48.4 Å². The fourth-order valence-corrected chi connectivity index (χ4v) is 7.03. The maximum atomic E-state index is 14.7. The predicted molar refractivity (Wildman–Crippen MR) is 228 cm³/mol. The lowest BCUT2D eigenvalue weighted by molar-refractivity contribution is -0.173. The van der Waals surface area contributed by atoms with E-state index < -0.39 is 63.3 Å². The summed E-state index contributed by atoms with van der Waals surface area (Å²) in [4.78, 5) is 49.2. The van der Waals surface area contributed by atoms with Crippen LogP contribution in [0.2, 0.25) is 0 Å². The third kappa shape index (κ3) is 9.12. The zero-order chi connectivity index (χ0) is 46.0. The number of phenols is 2. The highest BCUT2D eigenvalue weighted by molar-refractivity contribution is 6.11. The van der Waals surface area contributed by atoms with Gasteiger partial charge in [-0.25, -0.2) is 9.59 Å². The van der Waals surface area contributed by atoms with Gasteiger partial charge in [0.2, 0.25) is 0 Å². The molecule has 0 saturated carbocycles. The summed E-state index contributed by atoms with van der Waals surface area (Å²) >= 11 is 0. The van der Waals surface area contributed by atoms with E-state index in [1.807, 2.05) is 38.1 Å². The van der Waals surface area contributed by atoms with Crippen LogP contribution in [0.1, 0.15) is 91.4 Å². The number of alkyl halides is 3. The molecule has 0 saturated heterocycles. The number of carboxylic acid groups (broad SMARTS) is 2. The number of rotatable bonds is 14. The van der Waals surface area contributed by atoms with Gasteiger partial charge in [0.1, 0.15) is 39.9 Å². The van der Waals surface area contributed by atoms with Crippen LogP contribution in [0.15, 0.2) is 121 Å². The summed E-state index contributed by atoms with van der Waals surface area (Å²) in [7, 11) is 1.50. The van der Waals surface area contributed by atoms with Crippen molar-refractivity contribution in [3.05, 3.63) is 166 Å².